The lowest BCUT2D eigenvalue weighted by Crippen LogP contribution is -1.86. The van der Waals surface area contributed by atoms with E-state index in [0.717, 1.165) is 37.5 Å². The van der Waals surface area contributed by atoms with Crippen LogP contribution >= 0.6 is 23.1 Å². The fourth-order valence-electron chi connectivity index (χ4n) is 2.82. The van der Waals surface area contributed by atoms with Gasteiger partial charge in [0.25, 0.3) is 0 Å². The van der Waals surface area contributed by atoms with Gasteiger partial charge in [0, 0.05) is 10.5 Å². The summed E-state index contributed by atoms with van der Waals surface area (Å²) in [6.45, 7) is 0. The summed E-state index contributed by atoms with van der Waals surface area (Å²) in [7, 11) is 3.36. The van der Waals surface area contributed by atoms with E-state index in [1.165, 1.54) is 4.90 Å². The number of hydrogen-bond donors (Lipinski definition) is 0. The van der Waals surface area contributed by atoms with Crippen molar-refractivity contribution in [1.29, 1.82) is 0 Å². The molecule has 0 fully saturated rings. The second-order valence-electron chi connectivity index (χ2n) is 6.03. The van der Waals surface area contributed by atoms with Gasteiger partial charge in [-0.3, -0.25) is 0 Å². The number of ether oxygens (including phenoxy) is 2. The molecule has 28 heavy (non-hydrogen) atoms. The molecule has 0 aliphatic rings. The largest absolute Gasteiger partial charge is 0.497 e. The van der Waals surface area contributed by atoms with Crippen LogP contribution in [0, 0.1) is 0 Å². The Labute approximate surface area is 173 Å². The molecule has 5 heteroatoms. The number of thiazole rings is 1. The summed E-state index contributed by atoms with van der Waals surface area (Å²) >= 11 is 3.39. The van der Waals surface area contributed by atoms with Crippen LogP contribution in [0.4, 0.5) is 0 Å². The van der Waals surface area contributed by atoms with Gasteiger partial charge in [0.2, 0.25) is 0 Å². The average molecular weight is 406 g/mol. The van der Waals surface area contributed by atoms with Crippen LogP contribution in [0.1, 0.15) is 0 Å². The van der Waals surface area contributed by atoms with Crippen LogP contribution in [0.2, 0.25) is 0 Å². The zero-order valence-electron chi connectivity index (χ0n) is 15.6. The molecule has 0 atom stereocenters. The van der Waals surface area contributed by atoms with Gasteiger partial charge in [-0.05, 0) is 66.2 Å². The van der Waals surface area contributed by atoms with Crippen molar-refractivity contribution in [3.63, 3.8) is 0 Å². The molecule has 0 aliphatic carbocycles. The van der Waals surface area contributed by atoms with Crippen molar-refractivity contribution in [2.45, 2.75) is 9.24 Å². The highest BCUT2D eigenvalue weighted by atomic mass is 32.2. The maximum absolute atomic E-state index is 5.30. The fraction of sp³-hybridized carbons (Fsp3) is 0.0870. The lowest BCUT2D eigenvalue weighted by atomic mass is 10.1. The molecule has 140 valence electrons. The van der Waals surface area contributed by atoms with Crippen LogP contribution in [0.15, 0.2) is 88.1 Å². The normalized spacial score (nSPS) is 10.6. The Morgan fingerprint density at radius 3 is 1.86 bits per heavy atom. The molecule has 0 unspecified atom stereocenters. The molecule has 3 nitrogen and oxygen atoms in total. The first-order valence-electron chi connectivity index (χ1n) is 8.79. The van der Waals surface area contributed by atoms with E-state index in [0.29, 0.717) is 0 Å². The minimum atomic E-state index is 0.837. The molecule has 0 bridgehead atoms. The standard InChI is InChI=1S/C23H19NO2S2/c1-25-18-12-8-16(9-13-18)21-22(17-10-14-19(26-2)15-11-17)28-23(24-21)27-20-6-4-3-5-7-20/h3-15H,1-2H3. The van der Waals surface area contributed by atoms with Gasteiger partial charge < -0.3 is 9.47 Å². The van der Waals surface area contributed by atoms with Crippen molar-refractivity contribution < 1.29 is 9.47 Å². The van der Waals surface area contributed by atoms with Crippen molar-refractivity contribution >= 4 is 23.1 Å². The molecule has 0 amide bonds. The molecule has 0 radical (unpaired) electrons. The van der Waals surface area contributed by atoms with Gasteiger partial charge in [-0.2, -0.15) is 0 Å². The molecule has 1 heterocycles. The number of benzene rings is 3. The smallest absolute Gasteiger partial charge is 0.155 e. The summed E-state index contributed by atoms with van der Waals surface area (Å²) < 4.78 is 11.6. The third-order valence-corrected chi connectivity index (χ3v) is 6.44. The van der Waals surface area contributed by atoms with Crippen LogP contribution in [0.5, 0.6) is 11.5 Å². The second-order valence-corrected chi connectivity index (χ2v) is 8.35. The molecule has 4 rings (SSSR count). The van der Waals surface area contributed by atoms with Crippen molar-refractivity contribution in [1.82, 2.24) is 4.98 Å². The van der Waals surface area contributed by atoms with Crippen LogP contribution in [0.3, 0.4) is 0 Å². The highest BCUT2D eigenvalue weighted by molar-refractivity contribution is 8.01. The van der Waals surface area contributed by atoms with Crippen LogP contribution in [-0.4, -0.2) is 19.2 Å². The summed E-state index contributed by atoms with van der Waals surface area (Å²) in [5, 5.41) is 0. The molecule has 4 aromatic rings. The van der Waals surface area contributed by atoms with Crippen LogP contribution in [0.25, 0.3) is 21.7 Å². The van der Waals surface area contributed by atoms with Crippen molar-refractivity contribution in [3.05, 3.63) is 78.9 Å². The Hall–Kier alpha value is -2.76. The first kappa shape index (κ1) is 18.6. The van der Waals surface area contributed by atoms with E-state index < -0.39 is 0 Å². The first-order chi connectivity index (χ1) is 13.8. The van der Waals surface area contributed by atoms with E-state index in [9.17, 15) is 0 Å². The molecule has 0 saturated heterocycles. The van der Waals surface area contributed by atoms with Gasteiger partial charge in [-0.25, -0.2) is 4.98 Å². The minimum absolute atomic E-state index is 0.837. The highest BCUT2D eigenvalue weighted by Gasteiger charge is 2.16. The number of aromatic nitrogens is 1. The van der Waals surface area contributed by atoms with Crippen molar-refractivity contribution in [2.24, 2.45) is 0 Å². The summed E-state index contributed by atoms with van der Waals surface area (Å²) in [5.41, 5.74) is 3.18. The monoisotopic (exact) mass is 405 g/mol. The zero-order chi connectivity index (χ0) is 19.3. The molecular weight excluding hydrogens is 386 g/mol. The Kier molecular flexibility index (Phi) is 5.65. The predicted molar refractivity (Wildman–Crippen MR) is 117 cm³/mol. The third kappa shape index (κ3) is 4.06. The van der Waals surface area contributed by atoms with E-state index in [2.05, 4.69) is 36.4 Å². The van der Waals surface area contributed by atoms with Crippen molar-refractivity contribution in [3.8, 4) is 33.2 Å². The van der Waals surface area contributed by atoms with Crippen molar-refractivity contribution in [2.75, 3.05) is 14.2 Å². The Morgan fingerprint density at radius 2 is 1.29 bits per heavy atom. The van der Waals surface area contributed by atoms with E-state index in [4.69, 9.17) is 14.5 Å². The van der Waals surface area contributed by atoms with Crippen LogP contribution < -0.4 is 9.47 Å². The summed E-state index contributed by atoms with van der Waals surface area (Å²) in [4.78, 5) is 7.28. The van der Waals surface area contributed by atoms with Gasteiger partial charge in [-0.15, -0.1) is 11.3 Å². The minimum Gasteiger partial charge on any atom is -0.497 e. The third-order valence-electron chi connectivity index (χ3n) is 4.27. The number of hydrogen-bond acceptors (Lipinski definition) is 5. The zero-order valence-corrected chi connectivity index (χ0v) is 17.2. The van der Waals surface area contributed by atoms with E-state index in [1.54, 1.807) is 37.3 Å². The maximum Gasteiger partial charge on any atom is 0.155 e. The SMILES string of the molecule is COc1ccc(-c2nc(Sc3ccccc3)sc2-c2ccc(OC)cc2)cc1. The molecular formula is C23H19NO2S2. The molecule has 0 N–H and O–H groups in total. The summed E-state index contributed by atoms with van der Waals surface area (Å²) in [6.07, 6.45) is 0. The first-order valence-corrected chi connectivity index (χ1v) is 10.4. The quantitative estimate of drug-likeness (QED) is 0.359. The number of methoxy groups -OCH3 is 2. The molecule has 0 saturated carbocycles. The maximum atomic E-state index is 5.30. The average Bonchev–Trinajstić information content (AvgIpc) is 3.18. The van der Waals surface area contributed by atoms with Gasteiger partial charge in [0.1, 0.15) is 11.5 Å². The Morgan fingerprint density at radius 1 is 0.714 bits per heavy atom. The molecule has 0 spiro atoms. The Balaban J connectivity index is 1.76. The van der Waals surface area contributed by atoms with Gasteiger partial charge in [-0.1, -0.05) is 30.0 Å². The van der Waals surface area contributed by atoms with Crippen LogP contribution in [-0.2, 0) is 0 Å². The lowest BCUT2D eigenvalue weighted by molar-refractivity contribution is 0.414. The van der Waals surface area contributed by atoms with E-state index in [-0.39, 0.29) is 0 Å². The number of rotatable bonds is 6. The topological polar surface area (TPSA) is 31.4 Å². The van der Waals surface area contributed by atoms with Gasteiger partial charge >= 0.3 is 0 Å². The summed E-state index contributed by atoms with van der Waals surface area (Å²) in [5.74, 6) is 1.68. The number of nitrogens with zero attached hydrogens (tertiary/aromatic N) is 1. The molecule has 1 aromatic heterocycles. The van der Waals surface area contributed by atoms with E-state index >= 15 is 0 Å². The van der Waals surface area contributed by atoms with E-state index in [1.807, 2.05) is 42.5 Å². The second kappa shape index (κ2) is 8.50. The Bertz CT molecular complexity index is 977. The molecule has 3 aromatic carbocycles. The fourth-order valence-corrected chi connectivity index (χ4v) is 4.98. The molecule has 0 aliphatic heterocycles. The lowest BCUT2D eigenvalue weighted by Gasteiger charge is -2.05. The predicted octanol–water partition coefficient (Wildman–Crippen LogP) is 6.65. The van der Waals surface area contributed by atoms with Gasteiger partial charge in [0.15, 0.2) is 4.34 Å². The summed E-state index contributed by atoms with van der Waals surface area (Å²) in [6, 6.07) is 26.5. The highest BCUT2D eigenvalue weighted by Crippen LogP contribution is 2.42. The van der Waals surface area contributed by atoms with Gasteiger partial charge in [0.05, 0.1) is 24.8 Å².